The van der Waals surface area contributed by atoms with Crippen molar-refractivity contribution in [2.24, 2.45) is 5.10 Å². The van der Waals surface area contributed by atoms with Crippen LogP contribution in [0.2, 0.25) is 0 Å². The van der Waals surface area contributed by atoms with Crippen LogP contribution in [-0.4, -0.2) is 24.2 Å². The molecule has 1 amide bonds. The van der Waals surface area contributed by atoms with Crippen molar-refractivity contribution in [1.82, 2.24) is 10.4 Å². The summed E-state index contributed by atoms with van der Waals surface area (Å²) in [6.45, 7) is 2.74. The SMILES string of the molecule is COc1cc(COc2ccccc2/C=N/NC(=O)c2ccc(-c3csc(C)n3)cc2)ccc1OCc1ccccc1. The van der Waals surface area contributed by atoms with Crippen LogP contribution in [0.25, 0.3) is 11.3 Å². The molecule has 1 heterocycles. The van der Waals surface area contributed by atoms with E-state index in [4.69, 9.17) is 14.2 Å². The summed E-state index contributed by atoms with van der Waals surface area (Å²) in [6, 6.07) is 30.5. The van der Waals surface area contributed by atoms with E-state index in [0.717, 1.165) is 33.0 Å². The van der Waals surface area contributed by atoms with Gasteiger partial charge in [0.15, 0.2) is 11.5 Å². The number of hydrazone groups is 1. The third-order valence-corrected chi connectivity index (χ3v) is 6.98. The number of nitrogens with one attached hydrogen (secondary N) is 1. The number of aryl methyl sites for hydroxylation is 1. The lowest BCUT2D eigenvalue weighted by Crippen LogP contribution is -2.17. The molecule has 8 heteroatoms. The molecule has 0 bridgehead atoms. The van der Waals surface area contributed by atoms with E-state index in [1.54, 1.807) is 36.8 Å². The lowest BCUT2D eigenvalue weighted by molar-refractivity contribution is 0.0955. The first kappa shape index (κ1) is 27.6. The standard InChI is InChI=1S/C33H29N3O4S/c1-23-35-29(22-41-23)26-13-15-27(16-14-26)33(37)36-34-19-28-10-6-7-11-30(28)39-21-25-12-17-31(32(18-25)38-2)40-20-24-8-4-3-5-9-24/h3-19,22H,20-21H2,1-2H3,(H,36,37)/b34-19+. The van der Waals surface area contributed by atoms with Crippen LogP contribution in [0.3, 0.4) is 0 Å². The number of para-hydroxylation sites is 1. The van der Waals surface area contributed by atoms with Crippen molar-refractivity contribution < 1.29 is 19.0 Å². The molecule has 0 fully saturated rings. The lowest BCUT2D eigenvalue weighted by Gasteiger charge is -2.13. The minimum absolute atomic E-state index is 0.303. The average molecular weight is 564 g/mol. The minimum atomic E-state index is -0.303. The average Bonchev–Trinajstić information content (AvgIpc) is 3.46. The molecule has 41 heavy (non-hydrogen) atoms. The topological polar surface area (TPSA) is 82.0 Å². The summed E-state index contributed by atoms with van der Waals surface area (Å²) in [5.74, 6) is 1.63. The Morgan fingerprint density at radius 2 is 1.59 bits per heavy atom. The molecule has 5 rings (SSSR count). The smallest absolute Gasteiger partial charge is 0.271 e. The van der Waals surface area contributed by atoms with Gasteiger partial charge in [-0.15, -0.1) is 11.3 Å². The fourth-order valence-corrected chi connectivity index (χ4v) is 4.67. The molecule has 0 aliphatic carbocycles. The Morgan fingerprint density at radius 1 is 0.854 bits per heavy atom. The fraction of sp³-hybridized carbons (Fsp3) is 0.121. The van der Waals surface area contributed by atoms with Gasteiger partial charge in [-0.2, -0.15) is 5.10 Å². The molecule has 0 saturated carbocycles. The highest BCUT2D eigenvalue weighted by molar-refractivity contribution is 7.09. The second-order valence-electron chi connectivity index (χ2n) is 9.11. The van der Waals surface area contributed by atoms with E-state index in [0.29, 0.717) is 36.0 Å². The van der Waals surface area contributed by atoms with Crippen LogP contribution in [-0.2, 0) is 13.2 Å². The molecule has 7 nitrogen and oxygen atoms in total. The summed E-state index contributed by atoms with van der Waals surface area (Å²) in [5.41, 5.74) is 7.70. The molecular weight excluding hydrogens is 534 g/mol. The first-order valence-electron chi connectivity index (χ1n) is 13.0. The summed E-state index contributed by atoms with van der Waals surface area (Å²) in [5, 5.41) is 7.15. The quantitative estimate of drug-likeness (QED) is 0.138. The number of methoxy groups -OCH3 is 1. The van der Waals surface area contributed by atoms with Crippen LogP contribution in [0.1, 0.15) is 32.1 Å². The Morgan fingerprint density at radius 3 is 2.34 bits per heavy atom. The van der Waals surface area contributed by atoms with Crippen LogP contribution in [0, 0.1) is 6.92 Å². The number of thiazole rings is 1. The molecule has 0 radical (unpaired) electrons. The van der Waals surface area contributed by atoms with Gasteiger partial charge in [-0.05, 0) is 54.4 Å². The zero-order valence-corrected chi connectivity index (χ0v) is 23.6. The Hall–Kier alpha value is -4.95. The first-order valence-corrected chi connectivity index (χ1v) is 13.9. The summed E-state index contributed by atoms with van der Waals surface area (Å²) >= 11 is 1.59. The van der Waals surface area contributed by atoms with E-state index in [1.807, 2.05) is 97.2 Å². The molecule has 206 valence electrons. The van der Waals surface area contributed by atoms with Gasteiger partial charge in [0, 0.05) is 22.1 Å². The molecule has 1 N–H and O–H groups in total. The van der Waals surface area contributed by atoms with Gasteiger partial charge in [-0.3, -0.25) is 4.79 Å². The first-order chi connectivity index (χ1) is 20.1. The maximum absolute atomic E-state index is 12.6. The predicted molar refractivity (Wildman–Crippen MR) is 162 cm³/mol. The number of nitrogens with zero attached hydrogens (tertiary/aromatic N) is 2. The van der Waals surface area contributed by atoms with Crippen LogP contribution in [0.5, 0.6) is 17.2 Å². The van der Waals surface area contributed by atoms with E-state index in [9.17, 15) is 4.79 Å². The van der Waals surface area contributed by atoms with Crippen molar-refractivity contribution in [3.05, 3.63) is 130 Å². The van der Waals surface area contributed by atoms with Gasteiger partial charge in [0.05, 0.1) is 24.0 Å². The summed E-state index contributed by atoms with van der Waals surface area (Å²) in [6.07, 6.45) is 1.57. The zero-order chi connectivity index (χ0) is 28.4. The van der Waals surface area contributed by atoms with Crippen LogP contribution in [0.4, 0.5) is 0 Å². The molecule has 0 unspecified atom stereocenters. The van der Waals surface area contributed by atoms with Gasteiger partial charge >= 0.3 is 0 Å². The Labute approximate surface area is 243 Å². The van der Waals surface area contributed by atoms with Gasteiger partial charge in [-0.25, -0.2) is 10.4 Å². The van der Waals surface area contributed by atoms with Crippen molar-refractivity contribution in [3.8, 4) is 28.5 Å². The Bertz CT molecular complexity index is 1630. The monoisotopic (exact) mass is 563 g/mol. The van der Waals surface area contributed by atoms with Crippen molar-refractivity contribution in [3.63, 3.8) is 0 Å². The number of hydrogen-bond acceptors (Lipinski definition) is 7. The van der Waals surface area contributed by atoms with Crippen LogP contribution in [0.15, 0.2) is 108 Å². The molecule has 4 aromatic carbocycles. The Balaban J connectivity index is 1.18. The summed E-state index contributed by atoms with van der Waals surface area (Å²) in [7, 11) is 1.62. The van der Waals surface area contributed by atoms with E-state index >= 15 is 0 Å². The molecule has 0 aliphatic heterocycles. The van der Waals surface area contributed by atoms with E-state index in [2.05, 4.69) is 15.5 Å². The van der Waals surface area contributed by atoms with E-state index in [-0.39, 0.29) is 5.91 Å². The van der Waals surface area contributed by atoms with Gasteiger partial charge in [0.25, 0.3) is 5.91 Å². The maximum Gasteiger partial charge on any atom is 0.271 e. The number of carbonyl (C=O) groups excluding carboxylic acids is 1. The molecule has 1 aromatic heterocycles. The van der Waals surface area contributed by atoms with E-state index < -0.39 is 0 Å². The highest BCUT2D eigenvalue weighted by Crippen LogP contribution is 2.30. The maximum atomic E-state index is 12.6. The van der Waals surface area contributed by atoms with Gasteiger partial charge in [-0.1, -0.05) is 60.7 Å². The number of amides is 1. The molecule has 0 saturated heterocycles. The zero-order valence-electron chi connectivity index (χ0n) is 22.7. The van der Waals surface area contributed by atoms with Crippen LogP contribution < -0.4 is 19.6 Å². The summed E-state index contributed by atoms with van der Waals surface area (Å²) < 4.78 is 17.6. The minimum Gasteiger partial charge on any atom is -0.493 e. The number of aromatic nitrogens is 1. The number of benzene rings is 4. The molecule has 0 atom stereocenters. The normalized spacial score (nSPS) is 10.9. The largest absolute Gasteiger partial charge is 0.493 e. The van der Waals surface area contributed by atoms with Gasteiger partial charge < -0.3 is 14.2 Å². The fourth-order valence-electron chi connectivity index (χ4n) is 4.05. The number of hydrogen-bond donors (Lipinski definition) is 1. The predicted octanol–water partition coefficient (Wildman–Crippen LogP) is 7.05. The van der Waals surface area contributed by atoms with Gasteiger partial charge in [0.2, 0.25) is 0 Å². The number of carbonyl (C=O) groups is 1. The second-order valence-corrected chi connectivity index (χ2v) is 10.2. The highest BCUT2D eigenvalue weighted by atomic mass is 32.1. The molecule has 0 aliphatic rings. The number of ether oxygens (including phenoxy) is 3. The summed E-state index contributed by atoms with van der Waals surface area (Å²) in [4.78, 5) is 17.1. The van der Waals surface area contributed by atoms with Crippen LogP contribution >= 0.6 is 11.3 Å². The Kier molecular flexibility index (Phi) is 9.03. The third-order valence-electron chi connectivity index (χ3n) is 6.21. The van der Waals surface area contributed by atoms with Crippen molar-refractivity contribution in [2.75, 3.05) is 7.11 Å². The molecule has 5 aromatic rings. The second kappa shape index (κ2) is 13.4. The molecule has 0 spiro atoms. The van der Waals surface area contributed by atoms with Crippen molar-refractivity contribution in [1.29, 1.82) is 0 Å². The van der Waals surface area contributed by atoms with Crippen molar-refractivity contribution >= 4 is 23.5 Å². The lowest BCUT2D eigenvalue weighted by atomic mass is 10.1. The number of rotatable bonds is 11. The highest BCUT2D eigenvalue weighted by Gasteiger charge is 2.09. The molecular formula is C33H29N3O4S. The third kappa shape index (κ3) is 7.38. The van der Waals surface area contributed by atoms with Crippen molar-refractivity contribution in [2.45, 2.75) is 20.1 Å². The van der Waals surface area contributed by atoms with Gasteiger partial charge in [0.1, 0.15) is 19.0 Å². The van der Waals surface area contributed by atoms with E-state index in [1.165, 1.54) is 0 Å².